The summed E-state index contributed by atoms with van der Waals surface area (Å²) in [5.74, 6) is 0.0112. The second kappa shape index (κ2) is 7.57. The number of hydrogen-bond acceptors (Lipinski definition) is 3. The lowest BCUT2D eigenvalue weighted by Gasteiger charge is -2.11. The van der Waals surface area contributed by atoms with Crippen molar-refractivity contribution in [3.05, 3.63) is 68.6 Å². The second-order valence-corrected chi connectivity index (χ2v) is 7.36. The Balaban J connectivity index is 1.54. The van der Waals surface area contributed by atoms with Crippen molar-refractivity contribution in [1.29, 1.82) is 0 Å². The van der Waals surface area contributed by atoms with Crippen molar-refractivity contribution < 1.29 is 4.79 Å². The van der Waals surface area contributed by atoms with E-state index in [-0.39, 0.29) is 18.0 Å². The molecule has 2 unspecified atom stereocenters. The van der Waals surface area contributed by atoms with Gasteiger partial charge >= 0.3 is 0 Å². The number of hydrazine groups is 1. The Hall–Kier alpha value is -1.21. The van der Waals surface area contributed by atoms with Gasteiger partial charge < -0.3 is 5.32 Å². The molecule has 3 rings (SSSR count). The molecular weight excluding hydrogens is 422 g/mol. The predicted octanol–water partition coefficient (Wildman–Crippen LogP) is 3.44. The third-order valence-electron chi connectivity index (χ3n) is 3.85. The van der Waals surface area contributed by atoms with E-state index in [1.807, 2.05) is 36.4 Å². The highest BCUT2D eigenvalue weighted by atomic mass is 79.9. The maximum atomic E-state index is 12.3. The van der Waals surface area contributed by atoms with Crippen molar-refractivity contribution in [3.63, 3.8) is 0 Å². The first-order chi connectivity index (χ1) is 11.1. The van der Waals surface area contributed by atoms with Crippen LogP contribution in [0.2, 0.25) is 0 Å². The van der Waals surface area contributed by atoms with Crippen molar-refractivity contribution in [2.75, 3.05) is 0 Å². The normalized spacial score (nSPS) is 20.4. The average molecular weight is 439 g/mol. The molecule has 1 amide bonds. The maximum absolute atomic E-state index is 12.3. The predicted molar refractivity (Wildman–Crippen MR) is 97.5 cm³/mol. The minimum atomic E-state index is -0.226. The van der Waals surface area contributed by atoms with E-state index >= 15 is 0 Å². The number of carbonyl (C=O) groups is 1. The third-order valence-corrected chi connectivity index (χ3v) is 4.87. The summed E-state index contributed by atoms with van der Waals surface area (Å²) >= 11 is 6.87. The molecule has 2 aromatic carbocycles. The summed E-state index contributed by atoms with van der Waals surface area (Å²) in [7, 11) is 0. The Labute approximate surface area is 152 Å². The van der Waals surface area contributed by atoms with Crippen LogP contribution in [0.3, 0.4) is 0 Å². The van der Waals surface area contributed by atoms with Gasteiger partial charge in [-0.05, 0) is 41.8 Å². The number of amides is 1. The van der Waals surface area contributed by atoms with E-state index in [4.69, 9.17) is 0 Å². The van der Waals surface area contributed by atoms with Crippen molar-refractivity contribution in [2.24, 2.45) is 0 Å². The van der Waals surface area contributed by atoms with Crippen LogP contribution in [0.5, 0.6) is 0 Å². The number of hydrogen-bond donors (Lipinski definition) is 3. The van der Waals surface area contributed by atoms with Crippen LogP contribution in [0.4, 0.5) is 0 Å². The first-order valence-electron chi connectivity index (χ1n) is 7.40. The van der Waals surface area contributed by atoms with E-state index < -0.39 is 0 Å². The van der Waals surface area contributed by atoms with Gasteiger partial charge in [-0.2, -0.15) is 0 Å². The van der Waals surface area contributed by atoms with Gasteiger partial charge in [0.15, 0.2) is 0 Å². The summed E-state index contributed by atoms with van der Waals surface area (Å²) in [4.78, 5) is 12.3. The van der Waals surface area contributed by atoms with Gasteiger partial charge in [0.1, 0.15) is 6.04 Å². The van der Waals surface area contributed by atoms with Crippen molar-refractivity contribution in [2.45, 2.75) is 25.0 Å². The van der Waals surface area contributed by atoms with Gasteiger partial charge in [0.25, 0.3) is 0 Å². The summed E-state index contributed by atoms with van der Waals surface area (Å²) in [6.45, 7) is 0.527. The molecule has 1 fully saturated rings. The van der Waals surface area contributed by atoms with Gasteiger partial charge in [-0.3, -0.25) is 4.79 Å². The van der Waals surface area contributed by atoms with Crippen LogP contribution >= 0.6 is 31.9 Å². The Morgan fingerprint density at radius 1 is 1.09 bits per heavy atom. The van der Waals surface area contributed by atoms with Crippen molar-refractivity contribution >= 4 is 37.8 Å². The molecule has 23 heavy (non-hydrogen) atoms. The zero-order chi connectivity index (χ0) is 16.2. The van der Waals surface area contributed by atoms with Gasteiger partial charge in [-0.25, -0.2) is 10.9 Å². The van der Waals surface area contributed by atoms with Crippen molar-refractivity contribution in [1.82, 2.24) is 16.2 Å². The van der Waals surface area contributed by atoms with E-state index in [9.17, 15) is 4.79 Å². The molecule has 0 radical (unpaired) electrons. The minimum Gasteiger partial charge on any atom is -0.351 e. The fourth-order valence-corrected chi connectivity index (χ4v) is 3.31. The van der Waals surface area contributed by atoms with Crippen LogP contribution in [0, 0.1) is 0 Å². The number of rotatable bonds is 4. The highest BCUT2D eigenvalue weighted by Crippen LogP contribution is 2.23. The van der Waals surface area contributed by atoms with Crippen LogP contribution in [-0.4, -0.2) is 11.9 Å². The zero-order valence-corrected chi connectivity index (χ0v) is 15.5. The largest absolute Gasteiger partial charge is 0.351 e. The molecular formula is C17H17Br2N3O. The molecule has 1 aliphatic heterocycles. The molecule has 3 N–H and O–H groups in total. The number of carbonyl (C=O) groups excluding carboxylic acids is 1. The highest BCUT2D eigenvalue weighted by Gasteiger charge is 2.29. The SMILES string of the molecule is O=C(NCc1cccc(Br)c1)C1CC(c2ccc(Br)cc2)NN1. The first-order valence-corrected chi connectivity index (χ1v) is 8.99. The minimum absolute atomic E-state index is 0.0112. The average Bonchev–Trinajstić information content (AvgIpc) is 3.03. The Morgan fingerprint density at radius 2 is 1.87 bits per heavy atom. The van der Waals surface area contributed by atoms with Crippen LogP contribution < -0.4 is 16.2 Å². The van der Waals surface area contributed by atoms with Gasteiger partial charge in [0.2, 0.25) is 5.91 Å². The van der Waals surface area contributed by atoms with Gasteiger partial charge in [-0.15, -0.1) is 0 Å². The van der Waals surface area contributed by atoms with Gasteiger partial charge in [0, 0.05) is 21.5 Å². The molecule has 2 atom stereocenters. The van der Waals surface area contributed by atoms with Crippen LogP contribution in [0.25, 0.3) is 0 Å². The monoisotopic (exact) mass is 437 g/mol. The van der Waals surface area contributed by atoms with E-state index in [1.54, 1.807) is 0 Å². The maximum Gasteiger partial charge on any atom is 0.238 e. The van der Waals surface area contributed by atoms with Crippen molar-refractivity contribution in [3.8, 4) is 0 Å². The molecule has 0 aromatic heterocycles. The fraction of sp³-hybridized carbons (Fsp3) is 0.235. The molecule has 1 saturated heterocycles. The molecule has 6 heteroatoms. The molecule has 0 saturated carbocycles. The topological polar surface area (TPSA) is 53.2 Å². The van der Waals surface area contributed by atoms with Crippen LogP contribution in [0.1, 0.15) is 23.6 Å². The lowest BCUT2D eigenvalue weighted by molar-refractivity contribution is -0.123. The fourth-order valence-electron chi connectivity index (χ4n) is 2.60. The molecule has 1 heterocycles. The summed E-state index contributed by atoms with van der Waals surface area (Å²) in [6, 6.07) is 16.0. The van der Waals surface area contributed by atoms with Gasteiger partial charge in [0.05, 0.1) is 0 Å². The summed E-state index contributed by atoms with van der Waals surface area (Å²) < 4.78 is 2.07. The summed E-state index contributed by atoms with van der Waals surface area (Å²) in [5.41, 5.74) is 8.52. The van der Waals surface area contributed by atoms with E-state index in [1.165, 1.54) is 5.56 Å². The van der Waals surface area contributed by atoms with Gasteiger partial charge in [-0.1, -0.05) is 56.1 Å². The van der Waals surface area contributed by atoms with E-state index in [2.05, 4.69) is 60.2 Å². The second-order valence-electron chi connectivity index (χ2n) is 5.53. The standard InChI is InChI=1S/C17H17Br2N3O/c18-13-6-4-12(5-7-13)15-9-16(22-21-15)17(23)20-10-11-2-1-3-14(19)8-11/h1-8,15-16,21-22H,9-10H2,(H,20,23). The highest BCUT2D eigenvalue weighted by molar-refractivity contribution is 9.10. The molecule has 4 nitrogen and oxygen atoms in total. The number of benzene rings is 2. The van der Waals surface area contributed by atoms with E-state index in [0.717, 1.165) is 20.9 Å². The molecule has 0 aliphatic carbocycles. The molecule has 120 valence electrons. The molecule has 2 aromatic rings. The number of nitrogens with one attached hydrogen (secondary N) is 3. The first kappa shape index (κ1) is 16.6. The lowest BCUT2D eigenvalue weighted by atomic mass is 10.0. The Bertz CT molecular complexity index is 690. The Kier molecular flexibility index (Phi) is 5.48. The lowest BCUT2D eigenvalue weighted by Crippen LogP contribution is -2.42. The van der Waals surface area contributed by atoms with Crippen LogP contribution in [0.15, 0.2) is 57.5 Å². The quantitative estimate of drug-likeness (QED) is 0.685. The zero-order valence-electron chi connectivity index (χ0n) is 12.4. The summed E-state index contributed by atoms with van der Waals surface area (Å²) in [5, 5.41) is 2.98. The summed E-state index contributed by atoms with van der Waals surface area (Å²) in [6.07, 6.45) is 0.728. The molecule has 0 spiro atoms. The molecule has 0 bridgehead atoms. The van der Waals surface area contributed by atoms with E-state index in [0.29, 0.717) is 6.54 Å². The molecule has 1 aliphatic rings. The Morgan fingerprint density at radius 3 is 2.61 bits per heavy atom. The smallest absolute Gasteiger partial charge is 0.238 e. The third kappa shape index (κ3) is 4.41. The number of halogens is 2. The van der Waals surface area contributed by atoms with Crippen LogP contribution in [-0.2, 0) is 11.3 Å².